The SMILES string of the molecule is CC1(C)CCC(O)CN(C(=O)OC(C)(C)C)C1. The molecule has 1 atom stereocenters. The van der Waals surface area contributed by atoms with Gasteiger partial charge < -0.3 is 14.7 Å². The largest absolute Gasteiger partial charge is 0.444 e. The predicted molar refractivity (Wildman–Crippen MR) is 66.8 cm³/mol. The molecular weight excluding hydrogens is 218 g/mol. The molecule has 1 unspecified atom stereocenters. The van der Waals surface area contributed by atoms with E-state index in [0.717, 1.165) is 12.8 Å². The minimum atomic E-state index is -0.488. The molecule has 17 heavy (non-hydrogen) atoms. The molecule has 0 aromatic heterocycles. The molecule has 0 aromatic rings. The molecule has 1 N–H and O–H groups in total. The second-order valence-corrected chi connectivity index (χ2v) is 6.72. The Morgan fingerprint density at radius 2 is 2.00 bits per heavy atom. The van der Waals surface area contributed by atoms with Crippen LogP contribution in [0.5, 0.6) is 0 Å². The first-order chi connectivity index (χ1) is 7.59. The molecule has 1 fully saturated rings. The zero-order valence-electron chi connectivity index (χ0n) is 11.6. The monoisotopic (exact) mass is 243 g/mol. The minimum Gasteiger partial charge on any atom is -0.444 e. The molecule has 0 spiro atoms. The lowest BCUT2D eigenvalue weighted by Crippen LogP contribution is -2.43. The van der Waals surface area contributed by atoms with Crippen molar-refractivity contribution in [3.63, 3.8) is 0 Å². The highest BCUT2D eigenvalue weighted by Crippen LogP contribution is 2.28. The number of amides is 1. The highest BCUT2D eigenvalue weighted by atomic mass is 16.6. The molecule has 0 bridgehead atoms. The Kier molecular flexibility index (Phi) is 4.07. The number of ether oxygens (including phenoxy) is 1. The smallest absolute Gasteiger partial charge is 0.410 e. The van der Waals surface area contributed by atoms with Crippen molar-refractivity contribution in [3.8, 4) is 0 Å². The van der Waals surface area contributed by atoms with Crippen molar-refractivity contribution in [2.75, 3.05) is 13.1 Å². The van der Waals surface area contributed by atoms with Crippen LogP contribution in [0.25, 0.3) is 0 Å². The molecule has 0 saturated carbocycles. The highest BCUT2D eigenvalue weighted by Gasteiger charge is 2.32. The van der Waals surface area contributed by atoms with Crippen molar-refractivity contribution in [1.82, 2.24) is 4.90 Å². The van der Waals surface area contributed by atoms with E-state index in [4.69, 9.17) is 4.74 Å². The van der Waals surface area contributed by atoms with Crippen LogP contribution in [-0.4, -0.2) is 40.9 Å². The van der Waals surface area contributed by atoms with Gasteiger partial charge in [0.2, 0.25) is 0 Å². The Hall–Kier alpha value is -0.770. The molecule has 0 radical (unpaired) electrons. The van der Waals surface area contributed by atoms with Crippen LogP contribution in [-0.2, 0) is 4.74 Å². The van der Waals surface area contributed by atoms with Crippen LogP contribution >= 0.6 is 0 Å². The molecule has 1 amide bonds. The van der Waals surface area contributed by atoms with E-state index in [0.29, 0.717) is 13.1 Å². The number of likely N-dealkylation sites (tertiary alicyclic amines) is 1. The first-order valence-electron chi connectivity index (χ1n) is 6.25. The zero-order chi connectivity index (χ0) is 13.3. The lowest BCUT2D eigenvalue weighted by Gasteiger charge is -2.31. The lowest BCUT2D eigenvalue weighted by atomic mass is 9.88. The van der Waals surface area contributed by atoms with Gasteiger partial charge in [-0.1, -0.05) is 13.8 Å². The molecule has 1 saturated heterocycles. The Morgan fingerprint density at radius 3 is 2.53 bits per heavy atom. The number of hydrogen-bond donors (Lipinski definition) is 1. The molecule has 100 valence electrons. The van der Waals surface area contributed by atoms with Gasteiger partial charge in [0.25, 0.3) is 0 Å². The second kappa shape index (κ2) is 4.84. The molecule has 0 aliphatic carbocycles. The van der Waals surface area contributed by atoms with E-state index in [1.54, 1.807) is 4.90 Å². The summed E-state index contributed by atoms with van der Waals surface area (Å²) in [5, 5.41) is 9.79. The van der Waals surface area contributed by atoms with Crippen LogP contribution in [0.4, 0.5) is 4.79 Å². The number of hydrogen-bond acceptors (Lipinski definition) is 3. The quantitative estimate of drug-likeness (QED) is 0.710. The molecule has 1 rings (SSSR count). The van der Waals surface area contributed by atoms with Gasteiger partial charge in [-0.25, -0.2) is 4.79 Å². The third kappa shape index (κ3) is 4.94. The fraction of sp³-hybridized carbons (Fsp3) is 0.923. The number of carbonyl (C=O) groups is 1. The Bertz CT molecular complexity index is 281. The summed E-state index contributed by atoms with van der Waals surface area (Å²) in [6, 6.07) is 0. The molecule has 0 aromatic carbocycles. The second-order valence-electron chi connectivity index (χ2n) is 6.72. The van der Waals surface area contributed by atoms with Gasteiger partial charge in [0.05, 0.1) is 6.10 Å². The number of aliphatic hydroxyl groups excluding tert-OH is 1. The van der Waals surface area contributed by atoms with Gasteiger partial charge in [0, 0.05) is 13.1 Å². The van der Waals surface area contributed by atoms with Crippen LogP contribution in [0.3, 0.4) is 0 Å². The maximum absolute atomic E-state index is 12.0. The third-order valence-corrected chi connectivity index (χ3v) is 2.86. The standard InChI is InChI=1S/C13H25NO3/c1-12(2,3)17-11(16)14-8-10(15)6-7-13(4,5)9-14/h10,15H,6-9H2,1-5H3. The van der Waals surface area contributed by atoms with Gasteiger partial charge in [-0.2, -0.15) is 0 Å². The number of nitrogens with zero attached hydrogens (tertiary/aromatic N) is 1. The van der Waals surface area contributed by atoms with E-state index in [9.17, 15) is 9.90 Å². The maximum Gasteiger partial charge on any atom is 0.410 e. The Labute approximate surface area is 104 Å². The number of β-amino-alcohol motifs (C(OH)–C–C–N with tert-alkyl or cyclic N) is 1. The van der Waals surface area contributed by atoms with Crippen LogP contribution in [0, 0.1) is 5.41 Å². The summed E-state index contributed by atoms with van der Waals surface area (Å²) in [6.45, 7) is 10.8. The van der Waals surface area contributed by atoms with E-state index in [1.807, 2.05) is 20.8 Å². The van der Waals surface area contributed by atoms with E-state index in [2.05, 4.69) is 13.8 Å². The topological polar surface area (TPSA) is 49.8 Å². The predicted octanol–water partition coefficient (Wildman–Crippen LogP) is 2.40. The summed E-state index contributed by atoms with van der Waals surface area (Å²) in [5.74, 6) is 0. The van der Waals surface area contributed by atoms with Crippen LogP contribution < -0.4 is 0 Å². The third-order valence-electron chi connectivity index (χ3n) is 2.86. The molecule has 4 nitrogen and oxygen atoms in total. The molecule has 1 aliphatic heterocycles. The average Bonchev–Trinajstić information content (AvgIpc) is 2.23. The minimum absolute atomic E-state index is 0.0361. The summed E-state index contributed by atoms with van der Waals surface area (Å²) < 4.78 is 5.35. The Morgan fingerprint density at radius 1 is 1.41 bits per heavy atom. The number of carbonyl (C=O) groups excluding carboxylic acids is 1. The van der Waals surface area contributed by atoms with Crippen LogP contribution in [0.2, 0.25) is 0 Å². The number of aliphatic hydroxyl groups is 1. The van der Waals surface area contributed by atoms with Gasteiger partial charge in [-0.05, 0) is 39.0 Å². The van der Waals surface area contributed by atoms with Gasteiger partial charge >= 0.3 is 6.09 Å². The molecule has 1 aliphatic rings. The van der Waals surface area contributed by atoms with Crippen LogP contribution in [0.1, 0.15) is 47.5 Å². The number of rotatable bonds is 0. The summed E-state index contributed by atoms with van der Waals surface area (Å²) in [4.78, 5) is 13.6. The van der Waals surface area contributed by atoms with Gasteiger partial charge in [0.15, 0.2) is 0 Å². The van der Waals surface area contributed by atoms with E-state index >= 15 is 0 Å². The summed E-state index contributed by atoms with van der Waals surface area (Å²) in [5.41, 5.74) is -0.452. The summed E-state index contributed by atoms with van der Waals surface area (Å²) >= 11 is 0. The van der Waals surface area contributed by atoms with Gasteiger partial charge in [0.1, 0.15) is 5.60 Å². The maximum atomic E-state index is 12.0. The first-order valence-corrected chi connectivity index (χ1v) is 6.25. The molecular formula is C13H25NO3. The van der Waals surface area contributed by atoms with Crippen molar-refractivity contribution in [2.45, 2.75) is 59.2 Å². The Balaban J connectivity index is 2.70. The fourth-order valence-corrected chi connectivity index (χ4v) is 2.03. The lowest BCUT2D eigenvalue weighted by molar-refractivity contribution is 0.0131. The van der Waals surface area contributed by atoms with Gasteiger partial charge in [-0.15, -0.1) is 0 Å². The fourth-order valence-electron chi connectivity index (χ4n) is 2.03. The van der Waals surface area contributed by atoms with Crippen molar-refractivity contribution in [2.24, 2.45) is 5.41 Å². The van der Waals surface area contributed by atoms with E-state index < -0.39 is 11.7 Å². The van der Waals surface area contributed by atoms with Crippen molar-refractivity contribution in [1.29, 1.82) is 0 Å². The highest BCUT2D eigenvalue weighted by molar-refractivity contribution is 5.68. The van der Waals surface area contributed by atoms with Crippen molar-refractivity contribution in [3.05, 3.63) is 0 Å². The first kappa shape index (κ1) is 14.3. The van der Waals surface area contributed by atoms with Crippen molar-refractivity contribution < 1.29 is 14.6 Å². The summed E-state index contributed by atoms with van der Waals surface area (Å²) in [6.07, 6.45) is 0.899. The summed E-state index contributed by atoms with van der Waals surface area (Å²) in [7, 11) is 0. The average molecular weight is 243 g/mol. The normalized spacial score (nSPS) is 25.3. The van der Waals surface area contributed by atoms with Crippen LogP contribution in [0.15, 0.2) is 0 Å². The van der Waals surface area contributed by atoms with Crippen molar-refractivity contribution >= 4 is 6.09 Å². The van der Waals surface area contributed by atoms with E-state index in [-0.39, 0.29) is 11.5 Å². The molecule has 4 heteroatoms. The zero-order valence-corrected chi connectivity index (χ0v) is 11.6. The van der Waals surface area contributed by atoms with Gasteiger partial charge in [-0.3, -0.25) is 0 Å². The molecule has 1 heterocycles. The van der Waals surface area contributed by atoms with E-state index in [1.165, 1.54) is 0 Å².